The molecule has 26 heavy (non-hydrogen) atoms. The van der Waals surface area contributed by atoms with Gasteiger partial charge in [-0.2, -0.15) is 0 Å². The fraction of sp³-hybridized carbons (Fsp3) is 0.579. The van der Waals surface area contributed by atoms with Gasteiger partial charge in [0.1, 0.15) is 6.10 Å². The Morgan fingerprint density at radius 2 is 2.19 bits per heavy atom. The average molecular weight is 362 g/mol. The van der Waals surface area contributed by atoms with Crippen molar-refractivity contribution < 1.29 is 14.3 Å². The highest BCUT2D eigenvalue weighted by Crippen LogP contribution is 2.25. The van der Waals surface area contributed by atoms with Crippen LogP contribution in [0.2, 0.25) is 0 Å². The maximum absolute atomic E-state index is 11.9. The number of hydrogen-bond donors (Lipinski definition) is 2. The molecule has 7 heteroatoms. The first-order valence-electron chi connectivity index (χ1n) is 8.95. The highest BCUT2D eigenvalue weighted by atomic mass is 16.5. The summed E-state index contributed by atoms with van der Waals surface area (Å²) in [6.07, 6.45) is -0.00145. The molecule has 0 aromatic heterocycles. The van der Waals surface area contributed by atoms with Crippen LogP contribution in [0.15, 0.2) is 23.2 Å². The van der Waals surface area contributed by atoms with Crippen LogP contribution in [0, 0.1) is 13.8 Å². The molecular weight excluding hydrogens is 332 g/mol. The Morgan fingerprint density at radius 3 is 2.88 bits per heavy atom. The lowest BCUT2D eigenvalue weighted by atomic mass is 10.00. The molecule has 144 valence electrons. The number of methoxy groups -OCH3 is 1. The predicted octanol–water partition coefficient (Wildman–Crippen LogP) is 1.01. The number of carbonyl (C=O) groups is 1. The summed E-state index contributed by atoms with van der Waals surface area (Å²) in [5, 5.41) is 5.92. The topological polar surface area (TPSA) is 75.2 Å². The molecule has 7 nitrogen and oxygen atoms in total. The Balaban J connectivity index is 1.93. The van der Waals surface area contributed by atoms with E-state index in [1.165, 1.54) is 16.7 Å². The minimum Gasteiger partial charge on any atom is -0.383 e. The maximum atomic E-state index is 11.9. The van der Waals surface area contributed by atoms with Crippen LogP contribution in [-0.4, -0.2) is 70.3 Å². The SMILES string of the molecule is CN=C(NCC(=O)NCCOC)N1CCOC(c2ccc(C)cc2C)C1. The summed E-state index contributed by atoms with van der Waals surface area (Å²) in [4.78, 5) is 18.3. The lowest BCUT2D eigenvalue weighted by Gasteiger charge is -2.35. The van der Waals surface area contributed by atoms with Crippen molar-refractivity contribution in [3.63, 3.8) is 0 Å². The summed E-state index contributed by atoms with van der Waals surface area (Å²) >= 11 is 0. The number of nitrogens with zero attached hydrogens (tertiary/aromatic N) is 2. The summed E-state index contributed by atoms with van der Waals surface area (Å²) in [7, 11) is 3.34. The van der Waals surface area contributed by atoms with Gasteiger partial charge in [0.2, 0.25) is 5.91 Å². The number of ether oxygens (including phenoxy) is 2. The molecule has 0 radical (unpaired) electrons. The molecule has 1 aromatic carbocycles. The lowest BCUT2D eigenvalue weighted by molar-refractivity contribution is -0.120. The van der Waals surface area contributed by atoms with E-state index in [2.05, 4.69) is 52.6 Å². The van der Waals surface area contributed by atoms with Crippen LogP contribution in [0.1, 0.15) is 22.8 Å². The van der Waals surface area contributed by atoms with Gasteiger partial charge in [0.25, 0.3) is 0 Å². The minimum absolute atomic E-state index is 0.00145. The van der Waals surface area contributed by atoms with Gasteiger partial charge in [-0.3, -0.25) is 9.79 Å². The normalized spacial score (nSPS) is 17.9. The van der Waals surface area contributed by atoms with Crippen molar-refractivity contribution in [1.29, 1.82) is 0 Å². The van der Waals surface area contributed by atoms with Crippen LogP contribution >= 0.6 is 0 Å². The lowest BCUT2D eigenvalue weighted by Crippen LogP contribution is -2.50. The fourth-order valence-electron chi connectivity index (χ4n) is 3.06. The van der Waals surface area contributed by atoms with E-state index in [1.807, 2.05) is 0 Å². The zero-order valence-corrected chi connectivity index (χ0v) is 16.2. The second-order valence-corrected chi connectivity index (χ2v) is 6.41. The highest BCUT2D eigenvalue weighted by molar-refractivity contribution is 5.86. The van der Waals surface area contributed by atoms with Crippen molar-refractivity contribution in [1.82, 2.24) is 15.5 Å². The Morgan fingerprint density at radius 1 is 1.38 bits per heavy atom. The molecule has 0 saturated carbocycles. The number of aryl methyl sites for hydroxylation is 2. The second-order valence-electron chi connectivity index (χ2n) is 6.41. The number of amides is 1. The van der Waals surface area contributed by atoms with Gasteiger partial charge in [0, 0.05) is 27.2 Å². The molecular formula is C19H30N4O3. The van der Waals surface area contributed by atoms with E-state index in [0.717, 1.165) is 6.54 Å². The number of carbonyl (C=O) groups excluding carboxylic acids is 1. The summed E-state index contributed by atoms with van der Waals surface area (Å²) in [6.45, 7) is 7.46. The van der Waals surface area contributed by atoms with Crippen molar-refractivity contribution in [3.8, 4) is 0 Å². The number of nitrogens with one attached hydrogen (secondary N) is 2. The molecule has 0 bridgehead atoms. The van der Waals surface area contributed by atoms with Crippen LogP contribution < -0.4 is 10.6 Å². The van der Waals surface area contributed by atoms with E-state index in [9.17, 15) is 4.79 Å². The number of morpholine rings is 1. The van der Waals surface area contributed by atoms with Crippen LogP contribution in [0.3, 0.4) is 0 Å². The Hall–Kier alpha value is -2.12. The first-order chi connectivity index (χ1) is 12.5. The van der Waals surface area contributed by atoms with Crippen molar-refractivity contribution in [3.05, 3.63) is 34.9 Å². The monoisotopic (exact) mass is 362 g/mol. The number of hydrogen-bond acceptors (Lipinski definition) is 4. The zero-order valence-electron chi connectivity index (χ0n) is 16.2. The number of guanidine groups is 1. The molecule has 0 aliphatic carbocycles. The standard InChI is InChI=1S/C19H30N4O3/c1-14-5-6-16(15(2)11-14)17-13-23(8-10-26-17)19(20-3)22-12-18(24)21-7-9-25-4/h5-6,11,17H,7-10,12-13H2,1-4H3,(H,20,22)(H,21,24). The van der Waals surface area contributed by atoms with Gasteiger partial charge >= 0.3 is 0 Å². The molecule has 1 aliphatic heterocycles. The Labute approximate surface area is 155 Å². The minimum atomic E-state index is -0.0811. The van der Waals surface area contributed by atoms with Crippen LogP contribution in [-0.2, 0) is 14.3 Å². The number of aliphatic imine (C=N–C) groups is 1. The van der Waals surface area contributed by atoms with Gasteiger partial charge in [-0.15, -0.1) is 0 Å². The smallest absolute Gasteiger partial charge is 0.239 e. The first-order valence-corrected chi connectivity index (χ1v) is 8.95. The summed E-state index contributed by atoms with van der Waals surface area (Å²) in [5.41, 5.74) is 3.68. The van der Waals surface area contributed by atoms with E-state index >= 15 is 0 Å². The molecule has 1 aliphatic rings. The third kappa shape index (κ3) is 5.71. The van der Waals surface area contributed by atoms with Crippen LogP contribution in [0.4, 0.5) is 0 Å². The van der Waals surface area contributed by atoms with E-state index in [-0.39, 0.29) is 18.6 Å². The summed E-state index contributed by atoms with van der Waals surface area (Å²) < 4.78 is 10.9. The van der Waals surface area contributed by atoms with E-state index in [4.69, 9.17) is 9.47 Å². The summed E-state index contributed by atoms with van der Waals surface area (Å²) in [5.74, 6) is 0.632. The van der Waals surface area contributed by atoms with Gasteiger partial charge in [-0.25, -0.2) is 0 Å². The van der Waals surface area contributed by atoms with Crippen molar-refractivity contribution in [2.75, 3.05) is 53.6 Å². The maximum Gasteiger partial charge on any atom is 0.239 e. The molecule has 1 unspecified atom stereocenters. The first kappa shape index (κ1) is 20.2. The molecule has 2 N–H and O–H groups in total. The van der Waals surface area contributed by atoms with Crippen molar-refractivity contribution >= 4 is 11.9 Å². The highest BCUT2D eigenvalue weighted by Gasteiger charge is 2.25. The van der Waals surface area contributed by atoms with Gasteiger partial charge in [-0.05, 0) is 25.0 Å². The Bertz CT molecular complexity index is 633. The molecule has 1 heterocycles. The number of benzene rings is 1. The summed E-state index contributed by atoms with van der Waals surface area (Å²) in [6, 6.07) is 6.43. The third-order valence-corrected chi connectivity index (χ3v) is 4.39. The van der Waals surface area contributed by atoms with E-state index in [1.54, 1.807) is 14.2 Å². The van der Waals surface area contributed by atoms with Crippen molar-refractivity contribution in [2.24, 2.45) is 4.99 Å². The molecule has 2 rings (SSSR count). The molecule has 1 amide bonds. The predicted molar refractivity (Wildman–Crippen MR) is 102 cm³/mol. The van der Waals surface area contributed by atoms with Gasteiger partial charge in [0.15, 0.2) is 5.96 Å². The fourth-order valence-corrected chi connectivity index (χ4v) is 3.06. The molecule has 0 spiro atoms. The molecule has 1 aromatic rings. The average Bonchev–Trinajstić information content (AvgIpc) is 2.63. The largest absolute Gasteiger partial charge is 0.383 e. The third-order valence-electron chi connectivity index (χ3n) is 4.39. The molecule has 1 atom stereocenters. The zero-order chi connectivity index (χ0) is 18.9. The van der Waals surface area contributed by atoms with E-state index < -0.39 is 0 Å². The van der Waals surface area contributed by atoms with Gasteiger partial charge < -0.3 is 25.0 Å². The van der Waals surface area contributed by atoms with Crippen LogP contribution in [0.25, 0.3) is 0 Å². The quantitative estimate of drug-likeness (QED) is 0.449. The Kier molecular flexibility index (Phi) is 7.87. The number of rotatable bonds is 6. The molecule has 1 saturated heterocycles. The molecule has 1 fully saturated rings. The second kappa shape index (κ2) is 10.1. The van der Waals surface area contributed by atoms with Gasteiger partial charge in [0.05, 0.1) is 26.3 Å². The van der Waals surface area contributed by atoms with Crippen LogP contribution in [0.5, 0.6) is 0 Å². The van der Waals surface area contributed by atoms with Crippen molar-refractivity contribution in [2.45, 2.75) is 20.0 Å². The van der Waals surface area contributed by atoms with E-state index in [0.29, 0.717) is 32.3 Å². The van der Waals surface area contributed by atoms with Gasteiger partial charge in [-0.1, -0.05) is 23.8 Å².